The highest BCUT2D eigenvalue weighted by Gasteiger charge is 2.55. The van der Waals surface area contributed by atoms with Gasteiger partial charge in [-0.2, -0.15) is 0 Å². The molecule has 4 atom stereocenters. The number of fused-ring (bicyclic) bond motifs is 1. The maximum Gasteiger partial charge on any atom is 0.238 e. The summed E-state index contributed by atoms with van der Waals surface area (Å²) in [6.07, 6.45) is 4.20. The molecule has 0 radical (unpaired) electrons. The zero-order valence-corrected chi connectivity index (χ0v) is 16.9. The number of halogens is 1. The number of carbonyl (C=O) groups excluding carboxylic acids is 2. The number of hydrogen-bond donors (Lipinski definition) is 0. The summed E-state index contributed by atoms with van der Waals surface area (Å²) >= 11 is 6.02. The van der Waals surface area contributed by atoms with E-state index in [1.54, 1.807) is 24.3 Å². The Kier molecular flexibility index (Phi) is 4.76. The number of imide groups is 1. The van der Waals surface area contributed by atoms with Gasteiger partial charge in [-0.05, 0) is 35.4 Å². The predicted octanol–water partition coefficient (Wildman–Crippen LogP) is 5.58. The predicted molar refractivity (Wildman–Crippen MR) is 118 cm³/mol. The molecular weight excluding hydrogens is 394 g/mol. The van der Waals surface area contributed by atoms with Crippen LogP contribution in [0.2, 0.25) is 5.02 Å². The molecule has 0 saturated carbocycles. The molecule has 30 heavy (non-hydrogen) atoms. The normalized spacial score (nSPS) is 25.4. The lowest BCUT2D eigenvalue weighted by Crippen LogP contribution is -2.31. The van der Waals surface area contributed by atoms with Crippen molar-refractivity contribution in [2.45, 2.75) is 11.8 Å². The summed E-state index contributed by atoms with van der Waals surface area (Å²) in [6, 6.07) is 26.8. The summed E-state index contributed by atoms with van der Waals surface area (Å²) in [7, 11) is 0. The van der Waals surface area contributed by atoms with Gasteiger partial charge in [-0.25, -0.2) is 4.90 Å². The molecule has 1 heterocycles. The average Bonchev–Trinajstić information content (AvgIpc) is 3.06. The van der Waals surface area contributed by atoms with Crippen LogP contribution in [0.1, 0.15) is 23.0 Å². The number of rotatable bonds is 3. The molecule has 0 unspecified atom stereocenters. The lowest BCUT2D eigenvalue weighted by molar-refractivity contribution is -0.122. The van der Waals surface area contributed by atoms with E-state index in [9.17, 15) is 9.59 Å². The molecule has 0 spiro atoms. The van der Waals surface area contributed by atoms with E-state index in [4.69, 9.17) is 11.6 Å². The van der Waals surface area contributed by atoms with Crippen molar-refractivity contribution < 1.29 is 9.59 Å². The third-order valence-electron chi connectivity index (χ3n) is 6.15. The Balaban J connectivity index is 1.63. The summed E-state index contributed by atoms with van der Waals surface area (Å²) in [5, 5.41) is 0.571. The summed E-state index contributed by atoms with van der Waals surface area (Å²) in [4.78, 5) is 28.6. The van der Waals surface area contributed by atoms with E-state index in [0.29, 0.717) is 10.7 Å². The number of benzene rings is 3. The molecule has 1 aliphatic heterocycles. The lowest BCUT2D eigenvalue weighted by atomic mass is 9.68. The van der Waals surface area contributed by atoms with E-state index in [2.05, 4.69) is 12.2 Å². The van der Waals surface area contributed by atoms with Crippen LogP contribution in [0.3, 0.4) is 0 Å². The van der Waals surface area contributed by atoms with E-state index in [-0.39, 0.29) is 23.7 Å². The first-order valence-corrected chi connectivity index (χ1v) is 10.4. The summed E-state index contributed by atoms with van der Waals surface area (Å²) in [5.41, 5.74) is 2.67. The van der Waals surface area contributed by atoms with Gasteiger partial charge >= 0.3 is 0 Å². The van der Waals surface area contributed by atoms with Crippen molar-refractivity contribution in [3.63, 3.8) is 0 Å². The lowest BCUT2D eigenvalue weighted by Gasteiger charge is -2.32. The second-order valence-electron chi connectivity index (χ2n) is 7.80. The number of amides is 2. The Labute approximate surface area is 180 Å². The smallest absolute Gasteiger partial charge is 0.238 e. The van der Waals surface area contributed by atoms with Gasteiger partial charge in [0.1, 0.15) is 0 Å². The van der Waals surface area contributed by atoms with E-state index in [1.807, 2.05) is 60.7 Å². The van der Waals surface area contributed by atoms with Gasteiger partial charge in [0.2, 0.25) is 11.8 Å². The highest BCUT2D eigenvalue weighted by Crippen LogP contribution is 2.50. The largest absolute Gasteiger partial charge is 0.274 e. The highest BCUT2D eigenvalue weighted by molar-refractivity contribution is 6.30. The molecule has 3 nitrogen and oxygen atoms in total. The molecule has 3 aromatic carbocycles. The number of allylic oxidation sites excluding steroid dienone is 2. The molecule has 2 amide bonds. The summed E-state index contributed by atoms with van der Waals surface area (Å²) in [5.74, 6) is -1.44. The number of nitrogens with zero attached hydrogens (tertiary/aromatic N) is 1. The topological polar surface area (TPSA) is 37.4 Å². The van der Waals surface area contributed by atoms with E-state index < -0.39 is 11.8 Å². The zero-order chi connectivity index (χ0) is 20.7. The zero-order valence-electron chi connectivity index (χ0n) is 16.2. The van der Waals surface area contributed by atoms with Gasteiger partial charge in [-0.15, -0.1) is 0 Å². The third kappa shape index (κ3) is 3.06. The molecule has 2 aliphatic rings. The fraction of sp³-hybridized carbons (Fsp3) is 0.154. The van der Waals surface area contributed by atoms with Crippen LogP contribution in [0, 0.1) is 11.8 Å². The Morgan fingerprint density at radius 1 is 0.600 bits per heavy atom. The quantitative estimate of drug-likeness (QED) is 0.415. The number of hydrogen-bond acceptors (Lipinski definition) is 2. The molecule has 148 valence electrons. The molecule has 1 aliphatic carbocycles. The molecule has 1 saturated heterocycles. The van der Waals surface area contributed by atoms with Gasteiger partial charge in [-0.3, -0.25) is 9.59 Å². The van der Waals surface area contributed by atoms with Crippen molar-refractivity contribution in [3.05, 3.63) is 113 Å². The fourth-order valence-electron chi connectivity index (χ4n) is 4.78. The number of anilines is 1. The summed E-state index contributed by atoms with van der Waals surface area (Å²) in [6.45, 7) is 0. The first-order valence-electron chi connectivity index (χ1n) is 10.1. The van der Waals surface area contributed by atoms with Gasteiger partial charge in [0, 0.05) is 16.9 Å². The van der Waals surface area contributed by atoms with Crippen LogP contribution < -0.4 is 4.90 Å². The summed E-state index contributed by atoms with van der Waals surface area (Å²) < 4.78 is 0. The second-order valence-corrected chi connectivity index (χ2v) is 8.23. The minimum atomic E-state index is -0.439. The molecule has 0 aromatic heterocycles. The molecule has 1 fully saturated rings. The maximum atomic E-state index is 13.6. The number of carbonyl (C=O) groups is 2. The molecule has 4 heteroatoms. The van der Waals surface area contributed by atoms with E-state index in [1.165, 1.54) is 4.90 Å². The minimum absolute atomic E-state index is 0.134. The first-order chi connectivity index (χ1) is 14.6. The first kappa shape index (κ1) is 18.8. The minimum Gasteiger partial charge on any atom is -0.274 e. The SMILES string of the molecule is O=C1[C@@H]2[C@H](C(=O)N1c1ccc(Cl)cc1)[C@H](c1ccccc1)C=C[C@@H]2c1ccccc1. The molecule has 0 bridgehead atoms. The second kappa shape index (κ2) is 7.58. The third-order valence-corrected chi connectivity index (χ3v) is 6.40. The van der Waals surface area contributed by atoms with Gasteiger partial charge in [0.05, 0.1) is 17.5 Å². The Bertz CT molecular complexity index is 1040. The van der Waals surface area contributed by atoms with Crippen LogP contribution in [0.25, 0.3) is 0 Å². The molecule has 5 rings (SSSR count). The Morgan fingerprint density at radius 2 is 1.03 bits per heavy atom. The van der Waals surface area contributed by atoms with Gasteiger partial charge in [-0.1, -0.05) is 84.4 Å². The van der Waals surface area contributed by atoms with Crippen LogP contribution in [0.4, 0.5) is 5.69 Å². The van der Waals surface area contributed by atoms with Crippen molar-refractivity contribution in [2.24, 2.45) is 11.8 Å². The highest BCUT2D eigenvalue weighted by atomic mass is 35.5. The van der Waals surface area contributed by atoms with Crippen LogP contribution in [-0.4, -0.2) is 11.8 Å². The fourth-order valence-corrected chi connectivity index (χ4v) is 4.90. The van der Waals surface area contributed by atoms with Crippen molar-refractivity contribution in [1.29, 1.82) is 0 Å². The van der Waals surface area contributed by atoms with Gasteiger partial charge in [0.15, 0.2) is 0 Å². The molecule has 3 aromatic rings. The van der Waals surface area contributed by atoms with E-state index >= 15 is 0 Å². The van der Waals surface area contributed by atoms with Crippen molar-refractivity contribution in [1.82, 2.24) is 0 Å². The molecular formula is C26H20ClNO2. The van der Waals surface area contributed by atoms with Crippen LogP contribution in [0.5, 0.6) is 0 Å². The monoisotopic (exact) mass is 413 g/mol. The van der Waals surface area contributed by atoms with E-state index in [0.717, 1.165) is 11.1 Å². The van der Waals surface area contributed by atoms with Crippen molar-refractivity contribution in [3.8, 4) is 0 Å². The van der Waals surface area contributed by atoms with Crippen molar-refractivity contribution >= 4 is 29.1 Å². The molecule has 0 N–H and O–H groups in total. The van der Waals surface area contributed by atoms with Crippen LogP contribution in [-0.2, 0) is 9.59 Å². The Hall–Kier alpha value is -3.17. The van der Waals surface area contributed by atoms with Gasteiger partial charge in [0.25, 0.3) is 0 Å². The van der Waals surface area contributed by atoms with Crippen molar-refractivity contribution in [2.75, 3.05) is 4.90 Å². The van der Waals surface area contributed by atoms with Crippen LogP contribution in [0.15, 0.2) is 97.1 Å². The Morgan fingerprint density at radius 3 is 1.47 bits per heavy atom. The maximum absolute atomic E-state index is 13.6. The standard InChI is InChI=1S/C26H20ClNO2/c27-19-11-13-20(14-12-19)28-25(29)23-21(17-7-3-1-4-8-17)15-16-22(24(23)26(28)30)18-9-5-2-6-10-18/h1-16,21-24H/t21-,22+,23+,24-. The van der Waals surface area contributed by atoms with Crippen LogP contribution >= 0.6 is 11.6 Å². The van der Waals surface area contributed by atoms with Gasteiger partial charge < -0.3 is 0 Å². The average molecular weight is 414 g/mol.